The first-order chi connectivity index (χ1) is 9.72. The summed E-state index contributed by atoms with van der Waals surface area (Å²) in [5.74, 6) is 0.679. The van der Waals surface area contributed by atoms with Crippen LogP contribution in [0.5, 0.6) is 0 Å². The van der Waals surface area contributed by atoms with Gasteiger partial charge in [-0.3, -0.25) is 14.5 Å². The van der Waals surface area contributed by atoms with E-state index in [9.17, 15) is 9.59 Å². The highest BCUT2D eigenvalue weighted by Crippen LogP contribution is 2.27. The molecule has 1 aliphatic heterocycles. The number of carbonyl (C=O) groups excluding carboxylic acids is 2. The van der Waals surface area contributed by atoms with Gasteiger partial charge in [-0.2, -0.15) is 0 Å². The normalized spacial score (nSPS) is 23.1. The highest BCUT2D eigenvalue weighted by molar-refractivity contribution is 5.97. The summed E-state index contributed by atoms with van der Waals surface area (Å²) in [6.45, 7) is 3.71. The van der Waals surface area contributed by atoms with E-state index in [4.69, 9.17) is 0 Å². The first kappa shape index (κ1) is 15.5. The molecular weight excluding hydrogens is 252 g/mol. The molecule has 2 rings (SSSR count). The molecule has 1 aliphatic carbocycles. The van der Waals surface area contributed by atoms with Crippen LogP contribution in [0.1, 0.15) is 64.7 Å². The van der Waals surface area contributed by atoms with Gasteiger partial charge in [0.15, 0.2) is 0 Å². The number of amides is 2. The number of hydrogen-bond acceptors (Lipinski definition) is 3. The van der Waals surface area contributed by atoms with Crippen molar-refractivity contribution in [1.29, 1.82) is 0 Å². The molecule has 2 fully saturated rings. The number of rotatable bonds is 6. The monoisotopic (exact) mass is 280 g/mol. The molecule has 4 nitrogen and oxygen atoms in total. The summed E-state index contributed by atoms with van der Waals surface area (Å²) in [4.78, 5) is 25.5. The van der Waals surface area contributed by atoms with Gasteiger partial charge >= 0.3 is 0 Å². The van der Waals surface area contributed by atoms with Crippen molar-refractivity contribution in [3.8, 4) is 0 Å². The van der Waals surface area contributed by atoms with E-state index in [1.807, 2.05) is 0 Å². The van der Waals surface area contributed by atoms with Crippen LogP contribution in [0.3, 0.4) is 0 Å². The molecule has 1 unspecified atom stereocenters. The average Bonchev–Trinajstić information content (AvgIpc) is 2.47. The third-order valence-corrected chi connectivity index (χ3v) is 4.64. The lowest BCUT2D eigenvalue weighted by atomic mass is 9.83. The molecule has 0 aromatic rings. The Morgan fingerprint density at radius 2 is 1.75 bits per heavy atom. The second-order valence-electron chi connectivity index (χ2n) is 6.21. The van der Waals surface area contributed by atoms with E-state index in [-0.39, 0.29) is 11.8 Å². The predicted molar refractivity (Wildman–Crippen MR) is 79.2 cm³/mol. The predicted octanol–water partition coefficient (Wildman–Crippen LogP) is 2.47. The van der Waals surface area contributed by atoms with Gasteiger partial charge in [-0.15, -0.1) is 0 Å². The number of hydrogen-bond donors (Lipinski definition) is 1. The number of carbonyl (C=O) groups is 2. The number of imide groups is 1. The van der Waals surface area contributed by atoms with E-state index in [1.54, 1.807) is 0 Å². The van der Waals surface area contributed by atoms with Crippen LogP contribution in [0.15, 0.2) is 0 Å². The largest absolute Gasteiger partial charge is 0.312 e. The molecule has 20 heavy (non-hydrogen) atoms. The lowest BCUT2D eigenvalue weighted by Gasteiger charge is -2.35. The number of likely N-dealkylation sites (tertiary alicyclic amines) is 1. The maximum atomic E-state index is 12.0. The molecule has 114 valence electrons. The lowest BCUT2D eigenvalue weighted by molar-refractivity contribution is -0.148. The second kappa shape index (κ2) is 7.77. The zero-order chi connectivity index (χ0) is 14.4. The highest BCUT2D eigenvalue weighted by atomic mass is 16.2. The fourth-order valence-corrected chi connectivity index (χ4v) is 3.45. The molecule has 4 heteroatoms. The minimum Gasteiger partial charge on any atom is -0.312 e. The Balaban J connectivity index is 1.97. The van der Waals surface area contributed by atoms with E-state index in [2.05, 4.69) is 12.2 Å². The van der Waals surface area contributed by atoms with Gasteiger partial charge in [0.1, 0.15) is 0 Å². The summed E-state index contributed by atoms with van der Waals surface area (Å²) >= 11 is 0. The Kier molecular flexibility index (Phi) is 6.02. The molecule has 1 atom stereocenters. The van der Waals surface area contributed by atoms with Crippen LogP contribution < -0.4 is 5.32 Å². The Bertz CT molecular complexity index is 321. The van der Waals surface area contributed by atoms with Crippen molar-refractivity contribution < 1.29 is 9.59 Å². The van der Waals surface area contributed by atoms with E-state index in [0.717, 1.165) is 19.4 Å². The van der Waals surface area contributed by atoms with Gasteiger partial charge in [0, 0.05) is 25.4 Å². The zero-order valence-electron chi connectivity index (χ0n) is 12.7. The first-order valence-corrected chi connectivity index (χ1v) is 8.29. The van der Waals surface area contributed by atoms with Gasteiger partial charge in [-0.1, -0.05) is 26.2 Å². The van der Waals surface area contributed by atoms with Crippen molar-refractivity contribution in [2.24, 2.45) is 5.92 Å². The Hall–Kier alpha value is -0.900. The maximum absolute atomic E-state index is 12.0. The fraction of sp³-hybridized carbons (Fsp3) is 0.875. The number of piperidine rings is 1. The minimum atomic E-state index is 0.0281. The van der Waals surface area contributed by atoms with Crippen molar-refractivity contribution in [3.63, 3.8) is 0 Å². The van der Waals surface area contributed by atoms with Crippen LogP contribution in [0.4, 0.5) is 0 Å². The van der Waals surface area contributed by atoms with Crippen molar-refractivity contribution in [2.45, 2.75) is 70.8 Å². The van der Waals surface area contributed by atoms with Gasteiger partial charge in [0.25, 0.3) is 0 Å². The van der Waals surface area contributed by atoms with Gasteiger partial charge in [-0.25, -0.2) is 0 Å². The third-order valence-electron chi connectivity index (χ3n) is 4.64. The van der Waals surface area contributed by atoms with Gasteiger partial charge in [-0.05, 0) is 38.1 Å². The van der Waals surface area contributed by atoms with Crippen LogP contribution in [0.2, 0.25) is 0 Å². The summed E-state index contributed by atoms with van der Waals surface area (Å²) in [5, 5.41) is 3.58. The quantitative estimate of drug-likeness (QED) is 0.760. The Morgan fingerprint density at radius 3 is 2.35 bits per heavy atom. The number of nitrogens with one attached hydrogen (secondary N) is 1. The molecule has 1 N–H and O–H groups in total. The third kappa shape index (κ3) is 4.05. The van der Waals surface area contributed by atoms with E-state index in [0.29, 0.717) is 31.3 Å². The highest BCUT2D eigenvalue weighted by Gasteiger charge is 2.31. The molecule has 1 heterocycles. The molecular formula is C16H28N2O2. The first-order valence-electron chi connectivity index (χ1n) is 8.29. The average molecular weight is 280 g/mol. The van der Waals surface area contributed by atoms with E-state index in [1.165, 1.54) is 37.0 Å². The molecule has 1 saturated heterocycles. The summed E-state index contributed by atoms with van der Waals surface area (Å²) in [7, 11) is 0. The fourth-order valence-electron chi connectivity index (χ4n) is 3.45. The van der Waals surface area contributed by atoms with Crippen LogP contribution in [0, 0.1) is 5.92 Å². The molecule has 0 spiro atoms. The topological polar surface area (TPSA) is 49.4 Å². The van der Waals surface area contributed by atoms with Crippen molar-refractivity contribution in [2.75, 3.05) is 13.1 Å². The smallest absolute Gasteiger partial charge is 0.229 e. The summed E-state index contributed by atoms with van der Waals surface area (Å²) in [5.41, 5.74) is 0. The summed E-state index contributed by atoms with van der Waals surface area (Å²) < 4.78 is 0. The molecule has 0 aromatic heterocycles. The van der Waals surface area contributed by atoms with Gasteiger partial charge in [0.05, 0.1) is 0 Å². The summed E-state index contributed by atoms with van der Waals surface area (Å²) in [6.07, 6.45) is 9.27. The van der Waals surface area contributed by atoms with Crippen LogP contribution in [0.25, 0.3) is 0 Å². The van der Waals surface area contributed by atoms with Crippen LogP contribution in [-0.4, -0.2) is 35.8 Å². The van der Waals surface area contributed by atoms with Gasteiger partial charge < -0.3 is 5.32 Å². The maximum Gasteiger partial charge on any atom is 0.229 e. The van der Waals surface area contributed by atoms with E-state index >= 15 is 0 Å². The number of nitrogens with zero attached hydrogens (tertiary/aromatic N) is 1. The van der Waals surface area contributed by atoms with Crippen molar-refractivity contribution >= 4 is 11.8 Å². The van der Waals surface area contributed by atoms with E-state index < -0.39 is 0 Å². The molecule has 2 aliphatic rings. The molecule has 0 radical (unpaired) electrons. The molecule has 0 aromatic carbocycles. The van der Waals surface area contributed by atoms with Crippen molar-refractivity contribution in [3.05, 3.63) is 0 Å². The molecule has 1 saturated carbocycles. The standard InChI is InChI=1S/C16H28N2O2/c1-2-11-17-14(13-7-4-3-5-8-13)12-18-15(19)9-6-10-16(18)20/h13-14,17H,2-12H2,1H3. The Morgan fingerprint density at radius 1 is 1.10 bits per heavy atom. The SMILES string of the molecule is CCCNC(CN1C(=O)CCCC1=O)C1CCCCC1. The minimum absolute atomic E-state index is 0.0281. The lowest BCUT2D eigenvalue weighted by Crippen LogP contribution is -2.51. The molecule has 2 amide bonds. The van der Waals surface area contributed by atoms with Crippen LogP contribution in [-0.2, 0) is 9.59 Å². The molecule has 0 bridgehead atoms. The second-order valence-corrected chi connectivity index (χ2v) is 6.21. The van der Waals surface area contributed by atoms with Crippen LogP contribution >= 0.6 is 0 Å². The van der Waals surface area contributed by atoms with Crippen molar-refractivity contribution in [1.82, 2.24) is 10.2 Å². The Labute approximate surface area is 122 Å². The zero-order valence-corrected chi connectivity index (χ0v) is 12.7. The summed E-state index contributed by atoms with van der Waals surface area (Å²) in [6, 6.07) is 0.293. The van der Waals surface area contributed by atoms with Gasteiger partial charge in [0.2, 0.25) is 11.8 Å².